The molecule has 4 rings (SSSR count). The second-order valence-corrected chi connectivity index (χ2v) is 7.88. The number of H-pyrrole nitrogens is 1. The van der Waals surface area contributed by atoms with Crippen molar-refractivity contribution in [2.24, 2.45) is 5.10 Å². The van der Waals surface area contributed by atoms with E-state index < -0.39 is 0 Å². The molecule has 9 heteroatoms. The Balaban J connectivity index is 1.57. The van der Waals surface area contributed by atoms with Crippen LogP contribution < -0.4 is 9.47 Å². The van der Waals surface area contributed by atoms with Crippen molar-refractivity contribution in [3.05, 3.63) is 92.7 Å². The molecule has 6 nitrogen and oxygen atoms in total. The third-order valence-corrected chi connectivity index (χ3v) is 5.58. The number of aromatic amines is 1. The molecule has 0 spiro atoms. The van der Waals surface area contributed by atoms with Gasteiger partial charge in [0.05, 0.1) is 18.3 Å². The summed E-state index contributed by atoms with van der Waals surface area (Å²) < 4.78 is 13.3. The molecule has 0 fully saturated rings. The van der Waals surface area contributed by atoms with Crippen LogP contribution in [0.4, 0.5) is 0 Å². The van der Waals surface area contributed by atoms with Gasteiger partial charge in [-0.1, -0.05) is 53.5 Å². The van der Waals surface area contributed by atoms with Gasteiger partial charge in [0, 0.05) is 16.1 Å². The maximum atomic E-state index is 6.31. The lowest BCUT2D eigenvalue weighted by Crippen LogP contribution is -1.99. The minimum absolute atomic E-state index is 0.328. The van der Waals surface area contributed by atoms with E-state index in [0.717, 1.165) is 16.7 Å². The zero-order valence-corrected chi connectivity index (χ0v) is 19.3. The number of nitrogens with one attached hydrogen (secondary N) is 1. The highest BCUT2D eigenvalue weighted by Crippen LogP contribution is 2.30. The number of hydrogen-bond donors (Lipinski definition) is 1. The summed E-state index contributed by atoms with van der Waals surface area (Å²) in [7, 11) is 1.58. The van der Waals surface area contributed by atoms with Gasteiger partial charge < -0.3 is 9.47 Å². The summed E-state index contributed by atoms with van der Waals surface area (Å²) in [5, 5.41) is 12.7. The Morgan fingerprint density at radius 3 is 2.53 bits per heavy atom. The molecule has 1 aromatic heterocycles. The van der Waals surface area contributed by atoms with Crippen molar-refractivity contribution in [2.75, 3.05) is 7.11 Å². The van der Waals surface area contributed by atoms with Crippen LogP contribution in [0.1, 0.15) is 11.1 Å². The topological polar surface area (TPSA) is 64.4 Å². The number of hydrogen-bond acceptors (Lipinski definition) is 5. The molecule has 3 aromatic carbocycles. The molecular weight excluding hydrogens is 467 g/mol. The minimum atomic E-state index is 0.328. The van der Waals surface area contributed by atoms with Gasteiger partial charge in [0.2, 0.25) is 4.77 Å². The summed E-state index contributed by atoms with van der Waals surface area (Å²) in [5.41, 5.74) is 2.41. The Morgan fingerprint density at radius 2 is 1.78 bits per heavy atom. The molecule has 0 bridgehead atoms. The summed E-state index contributed by atoms with van der Waals surface area (Å²) in [6, 6.07) is 20.4. The monoisotopic (exact) mass is 484 g/mol. The molecule has 0 amide bonds. The van der Waals surface area contributed by atoms with Crippen LogP contribution in [0.3, 0.4) is 0 Å². The largest absolute Gasteiger partial charge is 0.493 e. The maximum absolute atomic E-state index is 6.31. The standard InChI is InChI=1S/C23H18Cl2N4O2S/c1-30-21-12-15(10-11-20(21)31-14-16-6-2-4-8-18(16)24)13-26-29-22(27-28-23(29)32)17-7-3-5-9-19(17)25/h2-13H,14H2,1H3,(H,28,32). The third kappa shape index (κ3) is 4.85. The molecule has 1 heterocycles. The van der Waals surface area contributed by atoms with Gasteiger partial charge >= 0.3 is 0 Å². The molecule has 0 saturated heterocycles. The number of aromatic nitrogens is 3. The fourth-order valence-corrected chi connectivity index (χ4v) is 3.58. The van der Waals surface area contributed by atoms with Gasteiger partial charge in [0.1, 0.15) is 6.61 Å². The zero-order chi connectivity index (χ0) is 22.5. The van der Waals surface area contributed by atoms with Gasteiger partial charge in [0.25, 0.3) is 0 Å². The number of rotatable bonds is 7. The SMILES string of the molecule is COc1cc(C=Nn2c(-c3ccccc3Cl)n[nH]c2=S)ccc1OCc1ccccc1Cl. The number of ether oxygens (including phenoxy) is 2. The van der Waals surface area contributed by atoms with Crippen molar-refractivity contribution in [2.45, 2.75) is 6.61 Å². The molecule has 0 unspecified atom stereocenters. The second kappa shape index (κ2) is 9.99. The van der Waals surface area contributed by atoms with Gasteiger partial charge in [-0.2, -0.15) is 14.9 Å². The lowest BCUT2D eigenvalue weighted by molar-refractivity contribution is 0.284. The Morgan fingerprint density at radius 1 is 1.03 bits per heavy atom. The van der Waals surface area contributed by atoms with Crippen molar-refractivity contribution in [1.82, 2.24) is 14.9 Å². The molecule has 0 aliphatic heterocycles. The zero-order valence-electron chi connectivity index (χ0n) is 17.0. The van der Waals surface area contributed by atoms with E-state index in [0.29, 0.717) is 38.7 Å². The summed E-state index contributed by atoms with van der Waals surface area (Å²) in [6.07, 6.45) is 1.66. The van der Waals surface area contributed by atoms with Crippen LogP contribution in [0.25, 0.3) is 11.4 Å². The summed E-state index contributed by atoms with van der Waals surface area (Å²) in [5.74, 6) is 1.69. The van der Waals surface area contributed by atoms with Crippen LogP contribution in [-0.2, 0) is 6.61 Å². The predicted molar refractivity (Wildman–Crippen MR) is 130 cm³/mol. The van der Waals surface area contributed by atoms with Gasteiger partial charge in [-0.25, -0.2) is 5.10 Å². The fourth-order valence-electron chi connectivity index (χ4n) is 2.99. The first-order valence-corrected chi connectivity index (χ1v) is 10.7. The predicted octanol–water partition coefficient (Wildman–Crippen LogP) is 6.38. The number of methoxy groups -OCH3 is 1. The average molecular weight is 485 g/mol. The number of benzene rings is 3. The maximum Gasteiger partial charge on any atom is 0.216 e. The van der Waals surface area contributed by atoms with Crippen molar-refractivity contribution < 1.29 is 9.47 Å². The first kappa shape index (κ1) is 22.1. The summed E-state index contributed by atoms with van der Waals surface area (Å²) in [6.45, 7) is 0.328. The van der Waals surface area contributed by atoms with Crippen LogP contribution >= 0.6 is 35.4 Å². The highest BCUT2D eigenvalue weighted by Gasteiger charge is 2.12. The Kier molecular flexibility index (Phi) is 6.90. The fraction of sp³-hybridized carbons (Fsp3) is 0.0870. The average Bonchev–Trinajstić information content (AvgIpc) is 3.17. The quantitative estimate of drug-likeness (QED) is 0.244. The third-order valence-electron chi connectivity index (χ3n) is 4.62. The van der Waals surface area contributed by atoms with Gasteiger partial charge in [-0.05, 0) is 54.2 Å². The van der Waals surface area contributed by atoms with Gasteiger partial charge in [0.15, 0.2) is 17.3 Å². The summed E-state index contributed by atoms with van der Waals surface area (Å²) in [4.78, 5) is 0. The first-order chi connectivity index (χ1) is 15.6. The van der Waals surface area contributed by atoms with Crippen LogP contribution in [0, 0.1) is 4.77 Å². The number of halogens is 2. The van der Waals surface area contributed by atoms with Crippen LogP contribution in [0.2, 0.25) is 10.0 Å². The molecule has 0 aliphatic carbocycles. The Bertz CT molecular complexity index is 1330. The summed E-state index contributed by atoms with van der Waals surface area (Å²) >= 11 is 17.8. The van der Waals surface area contributed by atoms with Crippen molar-refractivity contribution >= 4 is 41.6 Å². The Hall–Kier alpha value is -3.13. The van der Waals surface area contributed by atoms with E-state index in [2.05, 4.69) is 15.3 Å². The second-order valence-electron chi connectivity index (χ2n) is 6.68. The molecular formula is C23H18Cl2N4O2S. The van der Waals surface area contributed by atoms with Crippen molar-refractivity contribution in [3.8, 4) is 22.9 Å². The Labute approximate surface area is 200 Å². The van der Waals surface area contributed by atoms with Crippen molar-refractivity contribution in [1.29, 1.82) is 0 Å². The van der Waals surface area contributed by atoms with Crippen LogP contribution in [0.5, 0.6) is 11.5 Å². The first-order valence-electron chi connectivity index (χ1n) is 9.57. The van der Waals surface area contributed by atoms with Gasteiger partial charge in [-0.3, -0.25) is 0 Å². The molecule has 1 N–H and O–H groups in total. The van der Waals surface area contributed by atoms with Crippen LogP contribution in [-0.4, -0.2) is 28.2 Å². The van der Waals surface area contributed by atoms with E-state index in [-0.39, 0.29) is 0 Å². The van der Waals surface area contributed by atoms with Crippen LogP contribution in [0.15, 0.2) is 71.8 Å². The van der Waals surface area contributed by atoms with E-state index in [1.54, 1.807) is 19.4 Å². The molecule has 0 radical (unpaired) electrons. The molecule has 4 aromatic rings. The van der Waals surface area contributed by atoms with E-state index in [4.69, 9.17) is 44.9 Å². The highest BCUT2D eigenvalue weighted by atomic mass is 35.5. The molecule has 162 valence electrons. The van der Waals surface area contributed by atoms with Crippen molar-refractivity contribution in [3.63, 3.8) is 0 Å². The van der Waals surface area contributed by atoms with Gasteiger partial charge in [-0.15, -0.1) is 0 Å². The highest BCUT2D eigenvalue weighted by molar-refractivity contribution is 7.71. The van der Waals surface area contributed by atoms with E-state index in [1.807, 2.05) is 60.7 Å². The van der Waals surface area contributed by atoms with E-state index >= 15 is 0 Å². The lowest BCUT2D eigenvalue weighted by Gasteiger charge is -2.12. The molecule has 0 saturated carbocycles. The normalized spacial score (nSPS) is 11.1. The van der Waals surface area contributed by atoms with E-state index in [9.17, 15) is 0 Å². The number of nitrogens with zero attached hydrogens (tertiary/aromatic N) is 3. The molecule has 32 heavy (non-hydrogen) atoms. The smallest absolute Gasteiger partial charge is 0.216 e. The minimum Gasteiger partial charge on any atom is -0.493 e. The van der Waals surface area contributed by atoms with E-state index in [1.165, 1.54) is 4.68 Å². The lowest BCUT2D eigenvalue weighted by atomic mass is 10.2. The molecule has 0 atom stereocenters. The molecule has 0 aliphatic rings.